The predicted octanol–water partition coefficient (Wildman–Crippen LogP) is 5.88. The first-order valence-corrected chi connectivity index (χ1v) is 9.92. The molecule has 0 aliphatic heterocycles. The van der Waals surface area contributed by atoms with E-state index in [2.05, 4.69) is 5.32 Å². The van der Waals surface area contributed by atoms with Crippen molar-refractivity contribution in [1.82, 2.24) is 5.32 Å². The third kappa shape index (κ3) is 5.80. The van der Waals surface area contributed by atoms with Crippen molar-refractivity contribution in [2.75, 3.05) is 14.2 Å². The smallest absolute Gasteiger partial charge is 0.166 e. The van der Waals surface area contributed by atoms with Gasteiger partial charge < -0.3 is 19.5 Å². The molecule has 0 aromatic heterocycles. The summed E-state index contributed by atoms with van der Waals surface area (Å²) in [6, 6.07) is 19.3. The van der Waals surface area contributed by atoms with Crippen LogP contribution in [0.5, 0.6) is 17.2 Å². The van der Waals surface area contributed by atoms with E-state index in [9.17, 15) is 0 Å². The van der Waals surface area contributed by atoms with Gasteiger partial charge in [0, 0.05) is 18.7 Å². The summed E-state index contributed by atoms with van der Waals surface area (Å²) in [4.78, 5) is 0. The summed E-state index contributed by atoms with van der Waals surface area (Å²) >= 11 is 12.1. The van der Waals surface area contributed by atoms with Gasteiger partial charge in [-0.15, -0.1) is 0 Å². The van der Waals surface area contributed by atoms with Gasteiger partial charge in [-0.05, 0) is 41.5 Å². The van der Waals surface area contributed by atoms with Gasteiger partial charge in [-0.1, -0.05) is 53.5 Å². The predicted molar refractivity (Wildman–Crippen MR) is 117 cm³/mol. The Hall–Kier alpha value is -2.40. The largest absolute Gasteiger partial charge is 0.497 e. The molecule has 0 radical (unpaired) electrons. The molecular formula is C23H23Cl2NO3. The first kappa shape index (κ1) is 21.3. The van der Waals surface area contributed by atoms with E-state index in [0.717, 1.165) is 23.4 Å². The van der Waals surface area contributed by atoms with Crippen LogP contribution in [0.1, 0.15) is 16.7 Å². The Labute approximate surface area is 181 Å². The molecule has 0 saturated carbocycles. The lowest BCUT2D eigenvalue weighted by Gasteiger charge is -2.16. The highest BCUT2D eigenvalue weighted by Gasteiger charge is 2.11. The molecule has 0 saturated heterocycles. The number of ether oxygens (including phenoxy) is 3. The van der Waals surface area contributed by atoms with Gasteiger partial charge in [0.1, 0.15) is 12.4 Å². The van der Waals surface area contributed by atoms with Gasteiger partial charge in [-0.25, -0.2) is 0 Å². The van der Waals surface area contributed by atoms with Crippen LogP contribution >= 0.6 is 23.2 Å². The third-order valence-electron chi connectivity index (χ3n) is 4.45. The van der Waals surface area contributed by atoms with Crippen molar-refractivity contribution >= 4 is 23.2 Å². The van der Waals surface area contributed by atoms with E-state index < -0.39 is 0 Å². The first-order valence-electron chi connectivity index (χ1n) is 9.17. The lowest BCUT2D eigenvalue weighted by Crippen LogP contribution is -2.14. The SMILES string of the molecule is COc1ccc(CNCc2cccc(OC)c2OCc2ccc(Cl)c(Cl)c2)cc1. The Morgan fingerprint density at radius 3 is 2.24 bits per heavy atom. The monoisotopic (exact) mass is 431 g/mol. The fourth-order valence-electron chi connectivity index (χ4n) is 2.89. The molecule has 0 bridgehead atoms. The first-order chi connectivity index (χ1) is 14.1. The Bertz CT molecular complexity index is 945. The zero-order chi connectivity index (χ0) is 20.6. The summed E-state index contributed by atoms with van der Waals surface area (Å²) in [7, 11) is 3.30. The number of hydrogen-bond donors (Lipinski definition) is 1. The quantitative estimate of drug-likeness (QED) is 0.459. The topological polar surface area (TPSA) is 39.7 Å². The van der Waals surface area contributed by atoms with E-state index in [1.165, 1.54) is 5.56 Å². The van der Waals surface area contributed by atoms with Gasteiger partial charge in [-0.3, -0.25) is 0 Å². The zero-order valence-corrected chi connectivity index (χ0v) is 17.9. The Morgan fingerprint density at radius 2 is 1.55 bits per heavy atom. The maximum atomic E-state index is 6.10. The lowest BCUT2D eigenvalue weighted by molar-refractivity contribution is 0.280. The molecule has 4 nitrogen and oxygen atoms in total. The van der Waals surface area contributed by atoms with Crippen molar-refractivity contribution < 1.29 is 14.2 Å². The molecule has 6 heteroatoms. The van der Waals surface area contributed by atoms with E-state index >= 15 is 0 Å². The Balaban J connectivity index is 1.67. The number of halogens is 2. The second kappa shape index (κ2) is 10.4. The van der Waals surface area contributed by atoms with Gasteiger partial charge in [0.2, 0.25) is 0 Å². The summed E-state index contributed by atoms with van der Waals surface area (Å²) in [5.41, 5.74) is 3.12. The second-order valence-corrected chi connectivity index (χ2v) is 7.25. The maximum Gasteiger partial charge on any atom is 0.166 e. The molecule has 0 amide bonds. The fourth-order valence-corrected chi connectivity index (χ4v) is 3.22. The summed E-state index contributed by atoms with van der Waals surface area (Å²) in [5, 5.41) is 4.48. The molecule has 29 heavy (non-hydrogen) atoms. The molecule has 0 unspecified atom stereocenters. The van der Waals surface area contributed by atoms with Gasteiger partial charge in [0.05, 0.1) is 24.3 Å². The maximum absolute atomic E-state index is 6.10. The van der Waals surface area contributed by atoms with Gasteiger partial charge in [0.25, 0.3) is 0 Å². The molecule has 3 rings (SSSR count). The molecule has 0 heterocycles. The molecule has 0 fully saturated rings. The van der Waals surface area contributed by atoms with Crippen LogP contribution in [0.25, 0.3) is 0 Å². The third-order valence-corrected chi connectivity index (χ3v) is 5.19. The van der Waals surface area contributed by atoms with Gasteiger partial charge in [-0.2, -0.15) is 0 Å². The average Bonchev–Trinajstić information content (AvgIpc) is 2.75. The highest BCUT2D eigenvalue weighted by molar-refractivity contribution is 6.42. The van der Waals surface area contributed by atoms with Crippen LogP contribution in [0.4, 0.5) is 0 Å². The molecule has 3 aromatic carbocycles. The summed E-state index contributed by atoms with van der Waals surface area (Å²) in [6.07, 6.45) is 0. The van der Waals surface area contributed by atoms with Gasteiger partial charge >= 0.3 is 0 Å². The van der Waals surface area contributed by atoms with Crippen LogP contribution in [-0.2, 0) is 19.7 Å². The van der Waals surface area contributed by atoms with Crippen LogP contribution in [0.2, 0.25) is 10.0 Å². The van der Waals surface area contributed by atoms with Crippen molar-refractivity contribution in [1.29, 1.82) is 0 Å². The van der Waals surface area contributed by atoms with E-state index in [1.54, 1.807) is 26.4 Å². The number of rotatable bonds is 9. The summed E-state index contributed by atoms with van der Waals surface area (Å²) < 4.78 is 16.8. The molecule has 0 atom stereocenters. The summed E-state index contributed by atoms with van der Waals surface area (Å²) in [5.74, 6) is 2.25. The minimum atomic E-state index is 0.364. The number of methoxy groups -OCH3 is 2. The van der Waals surface area contributed by atoms with Crippen LogP contribution in [0, 0.1) is 0 Å². The number of hydrogen-bond acceptors (Lipinski definition) is 4. The van der Waals surface area contributed by atoms with E-state index in [0.29, 0.717) is 34.7 Å². The number of benzene rings is 3. The van der Waals surface area contributed by atoms with E-state index in [4.69, 9.17) is 37.4 Å². The Kier molecular flexibility index (Phi) is 7.64. The minimum absolute atomic E-state index is 0.364. The molecule has 0 spiro atoms. The van der Waals surface area contributed by atoms with Gasteiger partial charge in [0.15, 0.2) is 11.5 Å². The average molecular weight is 432 g/mol. The van der Waals surface area contributed by atoms with Crippen LogP contribution in [-0.4, -0.2) is 14.2 Å². The normalized spacial score (nSPS) is 10.6. The number of para-hydroxylation sites is 1. The highest BCUT2D eigenvalue weighted by atomic mass is 35.5. The zero-order valence-electron chi connectivity index (χ0n) is 16.4. The van der Waals surface area contributed by atoms with Crippen LogP contribution in [0.15, 0.2) is 60.7 Å². The highest BCUT2D eigenvalue weighted by Crippen LogP contribution is 2.32. The standard InChI is InChI=1S/C23H23Cl2NO3/c1-27-19-9-6-16(7-10-19)13-26-14-18-4-3-5-22(28-2)23(18)29-15-17-8-11-20(24)21(25)12-17/h3-12,26H,13-15H2,1-2H3. The number of nitrogens with one attached hydrogen (secondary N) is 1. The van der Waals surface area contributed by atoms with Crippen LogP contribution in [0.3, 0.4) is 0 Å². The van der Waals surface area contributed by atoms with Crippen molar-refractivity contribution in [3.05, 3.63) is 87.4 Å². The van der Waals surface area contributed by atoms with Crippen molar-refractivity contribution in [3.63, 3.8) is 0 Å². The molecule has 0 aliphatic carbocycles. The fraction of sp³-hybridized carbons (Fsp3) is 0.217. The van der Waals surface area contributed by atoms with Crippen molar-refractivity contribution in [3.8, 4) is 17.2 Å². The molecule has 152 valence electrons. The molecular weight excluding hydrogens is 409 g/mol. The van der Waals surface area contributed by atoms with E-state index in [1.807, 2.05) is 48.5 Å². The summed E-state index contributed by atoms with van der Waals surface area (Å²) in [6.45, 7) is 1.73. The van der Waals surface area contributed by atoms with Crippen LogP contribution < -0.4 is 19.5 Å². The minimum Gasteiger partial charge on any atom is -0.497 e. The second-order valence-electron chi connectivity index (χ2n) is 6.44. The molecule has 3 aromatic rings. The molecule has 1 N–H and O–H groups in total. The lowest BCUT2D eigenvalue weighted by atomic mass is 10.1. The Morgan fingerprint density at radius 1 is 0.793 bits per heavy atom. The van der Waals surface area contributed by atoms with E-state index in [-0.39, 0.29) is 0 Å². The molecule has 0 aliphatic rings. The van der Waals surface area contributed by atoms with Crippen molar-refractivity contribution in [2.45, 2.75) is 19.7 Å². The van der Waals surface area contributed by atoms with Crippen molar-refractivity contribution in [2.24, 2.45) is 0 Å².